The number of aromatic nitrogens is 4. The highest BCUT2D eigenvalue weighted by Crippen LogP contribution is 2.38. The van der Waals surface area contributed by atoms with Crippen LogP contribution in [0.1, 0.15) is 46.0 Å². The van der Waals surface area contributed by atoms with Gasteiger partial charge in [-0.15, -0.1) is 0 Å². The van der Waals surface area contributed by atoms with E-state index in [0.29, 0.717) is 41.1 Å². The zero-order chi connectivity index (χ0) is 26.9. The van der Waals surface area contributed by atoms with E-state index in [-0.39, 0.29) is 17.8 Å². The molecule has 1 amide bonds. The van der Waals surface area contributed by atoms with Gasteiger partial charge >= 0.3 is 0 Å². The van der Waals surface area contributed by atoms with E-state index < -0.39 is 0 Å². The van der Waals surface area contributed by atoms with Crippen LogP contribution >= 0.6 is 11.5 Å². The van der Waals surface area contributed by atoms with Crippen molar-refractivity contribution in [2.24, 2.45) is 4.99 Å². The van der Waals surface area contributed by atoms with Crippen molar-refractivity contribution in [2.45, 2.75) is 26.4 Å². The van der Waals surface area contributed by atoms with Gasteiger partial charge in [0, 0.05) is 29.8 Å². The Morgan fingerprint density at radius 3 is 2.13 bits per heavy atom. The summed E-state index contributed by atoms with van der Waals surface area (Å²) < 4.78 is 20.0. The molecule has 0 aliphatic carbocycles. The van der Waals surface area contributed by atoms with Crippen molar-refractivity contribution in [1.29, 1.82) is 0 Å². The first-order chi connectivity index (χ1) is 19.0. The maximum absolute atomic E-state index is 13.5. The van der Waals surface area contributed by atoms with Crippen LogP contribution in [0.15, 0.2) is 89.9 Å². The van der Waals surface area contributed by atoms with Gasteiger partial charge in [-0.25, -0.2) is 19.4 Å². The Balaban J connectivity index is 1.51. The first kappa shape index (κ1) is 24.8. The second-order valence-corrected chi connectivity index (χ2v) is 10.1. The maximum Gasteiger partial charge on any atom is 0.254 e. The average Bonchev–Trinajstić information content (AvgIpc) is 3.56. The summed E-state index contributed by atoms with van der Waals surface area (Å²) >= 11 is 1.30. The molecule has 5 aromatic rings. The number of fused-ring (bicyclic) bond motifs is 1. The Morgan fingerprint density at radius 2 is 1.54 bits per heavy atom. The number of amides is 1. The summed E-state index contributed by atoms with van der Waals surface area (Å²) in [6, 6.07) is 25.3. The summed E-state index contributed by atoms with van der Waals surface area (Å²) in [6.45, 7) is 4.83. The van der Waals surface area contributed by atoms with Crippen LogP contribution in [0.3, 0.4) is 0 Å². The molecule has 3 aromatic carbocycles. The lowest BCUT2D eigenvalue weighted by atomic mass is 10.0. The number of imidazole rings is 1. The Morgan fingerprint density at radius 1 is 0.897 bits per heavy atom. The number of rotatable bonds is 5. The normalized spacial score (nSPS) is 14.6. The molecule has 0 radical (unpaired) electrons. The summed E-state index contributed by atoms with van der Waals surface area (Å²) in [6.07, 6.45) is 0. The maximum atomic E-state index is 13.5. The molecule has 1 aliphatic rings. The number of aliphatic imine (C=N–C) groups is 1. The molecule has 0 bridgehead atoms. The smallest absolute Gasteiger partial charge is 0.254 e. The van der Waals surface area contributed by atoms with Crippen LogP contribution in [-0.2, 0) is 6.54 Å². The first-order valence-electron chi connectivity index (χ1n) is 12.7. The third-order valence-corrected chi connectivity index (χ3v) is 7.60. The van der Waals surface area contributed by atoms with Gasteiger partial charge in [0.2, 0.25) is 0 Å². The quantitative estimate of drug-likeness (QED) is 0.249. The van der Waals surface area contributed by atoms with Crippen molar-refractivity contribution in [1.82, 2.24) is 23.8 Å². The molecule has 1 unspecified atom stereocenters. The highest BCUT2D eigenvalue weighted by Gasteiger charge is 2.34. The number of hydrogen-bond acceptors (Lipinski definition) is 6. The molecule has 2 aromatic heterocycles. The van der Waals surface area contributed by atoms with Gasteiger partial charge in [0.25, 0.3) is 5.91 Å². The molecule has 9 heteroatoms. The zero-order valence-electron chi connectivity index (χ0n) is 21.5. The van der Waals surface area contributed by atoms with E-state index in [2.05, 4.69) is 13.9 Å². The van der Waals surface area contributed by atoms with Gasteiger partial charge in [-0.05, 0) is 49.6 Å². The minimum Gasteiger partial charge on any atom is -0.328 e. The van der Waals surface area contributed by atoms with Crippen LogP contribution in [0, 0.1) is 12.7 Å². The second-order valence-electron chi connectivity index (χ2n) is 9.32. The molecule has 3 heterocycles. The zero-order valence-corrected chi connectivity index (χ0v) is 22.3. The fourth-order valence-corrected chi connectivity index (χ4v) is 5.57. The van der Waals surface area contributed by atoms with Crippen LogP contribution in [-0.4, -0.2) is 42.0 Å². The molecule has 1 atom stereocenters. The Kier molecular flexibility index (Phi) is 6.58. The average molecular weight is 537 g/mol. The molecule has 6 rings (SSSR count). The molecule has 0 N–H and O–H groups in total. The van der Waals surface area contributed by atoms with Gasteiger partial charge in [-0.2, -0.15) is 4.37 Å². The number of aryl methyl sites for hydroxylation is 1. The third-order valence-electron chi connectivity index (χ3n) is 6.80. The van der Waals surface area contributed by atoms with E-state index in [0.717, 1.165) is 22.5 Å². The molecule has 1 aliphatic heterocycles. The van der Waals surface area contributed by atoms with Crippen molar-refractivity contribution >= 4 is 29.0 Å². The SMILES string of the molecule is Cc1nsc(-c2nc(N=C(c3ccccc3)c3ccccc3)c3n2CCN(C(=O)c2ccc(F)cc2)C3C)n1. The van der Waals surface area contributed by atoms with E-state index in [9.17, 15) is 9.18 Å². The molecule has 7 nitrogen and oxygen atoms in total. The summed E-state index contributed by atoms with van der Waals surface area (Å²) in [4.78, 5) is 30.0. The summed E-state index contributed by atoms with van der Waals surface area (Å²) in [5.41, 5.74) is 3.97. The van der Waals surface area contributed by atoms with Crippen LogP contribution < -0.4 is 0 Å². The highest BCUT2D eigenvalue weighted by atomic mass is 32.1. The van der Waals surface area contributed by atoms with Crippen molar-refractivity contribution < 1.29 is 9.18 Å². The largest absolute Gasteiger partial charge is 0.328 e. The topological polar surface area (TPSA) is 76.3 Å². The molecule has 0 spiro atoms. The van der Waals surface area contributed by atoms with Crippen LogP contribution in [0.5, 0.6) is 0 Å². The van der Waals surface area contributed by atoms with E-state index in [1.807, 2.05) is 74.5 Å². The number of nitrogens with zero attached hydrogens (tertiary/aromatic N) is 6. The summed E-state index contributed by atoms with van der Waals surface area (Å²) in [7, 11) is 0. The van der Waals surface area contributed by atoms with Gasteiger partial charge in [-0.3, -0.25) is 4.79 Å². The number of hydrogen-bond donors (Lipinski definition) is 0. The molecular weight excluding hydrogens is 511 g/mol. The molecular formula is C30H25FN6OS. The van der Waals surface area contributed by atoms with Gasteiger partial charge < -0.3 is 9.47 Å². The van der Waals surface area contributed by atoms with Crippen molar-refractivity contribution in [3.63, 3.8) is 0 Å². The Bertz CT molecular complexity index is 1620. The summed E-state index contributed by atoms with van der Waals surface area (Å²) in [5.74, 6) is 1.37. The van der Waals surface area contributed by atoms with Gasteiger partial charge in [0.15, 0.2) is 16.6 Å². The third kappa shape index (κ3) is 4.77. The predicted molar refractivity (Wildman–Crippen MR) is 150 cm³/mol. The molecule has 0 saturated carbocycles. The van der Waals surface area contributed by atoms with Gasteiger partial charge in [0.1, 0.15) is 11.6 Å². The lowest BCUT2D eigenvalue weighted by Crippen LogP contribution is -2.41. The Labute approximate surface area is 229 Å². The fourth-order valence-electron chi connectivity index (χ4n) is 4.90. The second kappa shape index (κ2) is 10.3. The van der Waals surface area contributed by atoms with E-state index in [1.165, 1.54) is 35.8 Å². The van der Waals surface area contributed by atoms with Crippen molar-refractivity contribution in [3.8, 4) is 10.8 Å². The number of carbonyl (C=O) groups excluding carboxylic acids is 1. The highest BCUT2D eigenvalue weighted by molar-refractivity contribution is 7.09. The number of benzene rings is 3. The molecule has 194 valence electrons. The fraction of sp³-hybridized carbons (Fsp3) is 0.167. The van der Waals surface area contributed by atoms with E-state index in [4.69, 9.17) is 9.98 Å². The van der Waals surface area contributed by atoms with Crippen molar-refractivity contribution in [2.75, 3.05) is 6.54 Å². The predicted octanol–water partition coefficient (Wildman–Crippen LogP) is 6.24. The standard InChI is InChI=1S/C30H25FN6OS/c1-19-26-27(33-25(21-9-5-3-6-10-21)22-11-7-4-8-12-22)34-28(29-32-20(2)35-39-29)37(26)18-17-36(19)30(38)23-13-15-24(31)16-14-23/h3-16,19H,17-18H2,1-2H3. The lowest BCUT2D eigenvalue weighted by Gasteiger charge is -2.35. The van der Waals surface area contributed by atoms with E-state index in [1.54, 1.807) is 4.90 Å². The molecule has 0 saturated heterocycles. The van der Waals surface area contributed by atoms with Crippen LogP contribution in [0.25, 0.3) is 10.8 Å². The van der Waals surface area contributed by atoms with Gasteiger partial charge in [-0.1, -0.05) is 60.7 Å². The summed E-state index contributed by atoms with van der Waals surface area (Å²) in [5, 5.41) is 0.710. The number of carbonyl (C=O) groups is 1. The van der Waals surface area contributed by atoms with Gasteiger partial charge in [0.05, 0.1) is 17.4 Å². The molecule has 0 fully saturated rings. The lowest BCUT2D eigenvalue weighted by molar-refractivity contribution is 0.0645. The van der Waals surface area contributed by atoms with Crippen LogP contribution in [0.2, 0.25) is 0 Å². The number of halogens is 1. The first-order valence-corrected chi connectivity index (χ1v) is 13.4. The monoisotopic (exact) mass is 536 g/mol. The van der Waals surface area contributed by atoms with Crippen LogP contribution in [0.4, 0.5) is 10.2 Å². The van der Waals surface area contributed by atoms with Crippen molar-refractivity contribution in [3.05, 3.63) is 119 Å². The molecule has 39 heavy (non-hydrogen) atoms. The minimum atomic E-state index is -0.376. The minimum absolute atomic E-state index is 0.162. The Hall–Kier alpha value is -4.50. The van der Waals surface area contributed by atoms with E-state index >= 15 is 0 Å².